The summed E-state index contributed by atoms with van der Waals surface area (Å²) in [4.78, 5) is 11.7. The van der Waals surface area contributed by atoms with E-state index in [2.05, 4.69) is 22.1 Å². The van der Waals surface area contributed by atoms with Gasteiger partial charge in [-0.3, -0.25) is 4.79 Å². The summed E-state index contributed by atoms with van der Waals surface area (Å²) in [5.41, 5.74) is 0. The van der Waals surface area contributed by atoms with E-state index in [0.29, 0.717) is 28.4 Å². The summed E-state index contributed by atoms with van der Waals surface area (Å²) in [5, 5.41) is 11.1. The Morgan fingerprint density at radius 2 is 2.22 bits per heavy atom. The highest BCUT2D eigenvalue weighted by Gasteiger charge is 2.17. The molecule has 1 aromatic carbocycles. The van der Waals surface area contributed by atoms with Gasteiger partial charge >= 0.3 is 0 Å². The third kappa shape index (κ3) is 5.61. The topological polar surface area (TPSA) is 77.2 Å². The number of benzene rings is 1. The molecule has 1 N–H and O–H groups in total. The molecule has 0 radical (unpaired) electrons. The van der Waals surface area contributed by atoms with Crippen molar-refractivity contribution >= 4 is 29.3 Å². The Morgan fingerprint density at radius 3 is 2.91 bits per heavy atom. The van der Waals surface area contributed by atoms with Crippen LogP contribution in [-0.2, 0) is 11.4 Å². The third-order valence-electron chi connectivity index (χ3n) is 2.69. The van der Waals surface area contributed by atoms with Gasteiger partial charge in [0.05, 0.1) is 5.25 Å². The molecular weight excluding hydrogens is 338 g/mol. The molecule has 1 atom stereocenters. The maximum Gasteiger partial charge on any atom is 0.277 e. The van der Waals surface area contributed by atoms with Crippen molar-refractivity contribution < 1.29 is 13.9 Å². The van der Waals surface area contributed by atoms with E-state index in [1.807, 2.05) is 0 Å². The summed E-state index contributed by atoms with van der Waals surface area (Å²) in [7, 11) is 0. The lowest BCUT2D eigenvalue weighted by Gasteiger charge is -2.07. The second-order valence-electron chi connectivity index (χ2n) is 4.50. The molecule has 23 heavy (non-hydrogen) atoms. The maximum absolute atomic E-state index is 11.7. The summed E-state index contributed by atoms with van der Waals surface area (Å²) < 4.78 is 11.0. The first-order valence-electron chi connectivity index (χ1n) is 6.84. The number of amides is 1. The van der Waals surface area contributed by atoms with E-state index in [0.717, 1.165) is 0 Å². The number of halogens is 1. The average molecular weight is 354 g/mol. The lowest BCUT2D eigenvalue weighted by atomic mass is 10.3. The predicted octanol–water partition coefficient (Wildman–Crippen LogP) is 3.08. The molecule has 0 aliphatic heterocycles. The fourth-order valence-electron chi connectivity index (χ4n) is 1.54. The number of nitrogens with one attached hydrogen (secondary N) is 1. The summed E-state index contributed by atoms with van der Waals surface area (Å²) in [6, 6.07) is 6.96. The van der Waals surface area contributed by atoms with Crippen LogP contribution in [0.3, 0.4) is 0 Å². The summed E-state index contributed by atoms with van der Waals surface area (Å²) >= 11 is 6.99. The van der Waals surface area contributed by atoms with Gasteiger partial charge in [-0.05, 0) is 31.2 Å². The van der Waals surface area contributed by atoms with Gasteiger partial charge in [-0.1, -0.05) is 29.4 Å². The Morgan fingerprint density at radius 1 is 1.48 bits per heavy atom. The van der Waals surface area contributed by atoms with Gasteiger partial charge in [-0.2, -0.15) is 0 Å². The first-order valence-corrected chi connectivity index (χ1v) is 8.10. The number of carbonyl (C=O) groups excluding carboxylic acids is 1. The zero-order chi connectivity index (χ0) is 16.7. The number of thioether (sulfide) groups is 1. The van der Waals surface area contributed by atoms with E-state index in [1.165, 1.54) is 11.8 Å². The smallest absolute Gasteiger partial charge is 0.277 e. The van der Waals surface area contributed by atoms with Crippen LogP contribution in [0.5, 0.6) is 5.75 Å². The number of carbonyl (C=O) groups is 1. The number of rotatable bonds is 8. The first kappa shape index (κ1) is 17.4. The minimum atomic E-state index is -0.347. The number of hydrogen-bond donors (Lipinski definition) is 1. The van der Waals surface area contributed by atoms with Crippen LogP contribution in [0.4, 0.5) is 0 Å². The monoisotopic (exact) mass is 353 g/mol. The van der Waals surface area contributed by atoms with Gasteiger partial charge in [0.15, 0.2) is 6.61 Å². The van der Waals surface area contributed by atoms with E-state index in [-0.39, 0.29) is 17.8 Å². The SMILES string of the molecule is C=CCNC(=O)C(C)Sc1nnc(COc2ccc(Cl)cc2)o1. The van der Waals surface area contributed by atoms with E-state index in [9.17, 15) is 4.79 Å². The largest absolute Gasteiger partial charge is 0.484 e. The molecule has 1 amide bonds. The molecule has 1 unspecified atom stereocenters. The maximum atomic E-state index is 11.7. The first-order chi connectivity index (χ1) is 11.1. The van der Waals surface area contributed by atoms with Crippen molar-refractivity contribution in [3.05, 3.63) is 47.8 Å². The number of ether oxygens (including phenoxy) is 1. The second kappa shape index (κ2) is 8.59. The van der Waals surface area contributed by atoms with Gasteiger partial charge in [0, 0.05) is 11.6 Å². The van der Waals surface area contributed by atoms with Crippen LogP contribution in [0.25, 0.3) is 0 Å². The molecule has 0 bridgehead atoms. The van der Waals surface area contributed by atoms with Gasteiger partial charge in [0.2, 0.25) is 5.91 Å². The highest BCUT2D eigenvalue weighted by molar-refractivity contribution is 8.00. The summed E-state index contributed by atoms with van der Waals surface area (Å²) in [6.07, 6.45) is 1.62. The van der Waals surface area contributed by atoms with Crippen LogP contribution in [-0.4, -0.2) is 27.9 Å². The predicted molar refractivity (Wildman–Crippen MR) is 88.6 cm³/mol. The van der Waals surface area contributed by atoms with Crippen molar-refractivity contribution in [2.24, 2.45) is 0 Å². The van der Waals surface area contributed by atoms with Gasteiger partial charge in [0.1, 0.15) is 5.75 Å². The van der Waals surface area contributed by atoms with Crippen molar-refractivity contribution in [3.8, 4) is 5.75 Å². The van der Waals surface area contributed by atoms with Gasteiger partial charge < -0.3 is 14.5 Å². The van der Waals surface area contributed by atoms with Crippen LogP contribution >= 0.6 is 23.4 Å². The van der Waals surface area contributed by atoms with Crippen LogP contribution in [0.15, 0.2) is 46.6 Å². The Balaban J connectivity index is 1.84. The molecule has 0 aliphatic rings. The molecule has 6 nitrogen and oxygen atoms in total. The fraction of sp³-hybridized carbons (Fsp3) is 0.267. The molecule has 1 aromatic heterocycles. The Hall–Kier alpha value is -1.99. The third-order valence-corrected chi connectivity index (χ3v) is 3.88. The van der Waals surface area contributed by atoms with E-state index in [1.54, 1.807) is 37.3 Å². The van der Waals surface area contributed by atoms with Crippen molar-refractivity contribution in [2.45, 2.75) is 24.0 Å². The van der Waals surface area contributed by atoms with Crippen molar-refractivity contribution in [2.75, 3.05) is 6.54 Å². The van der Waals surface area contributed by atoms with Crippen molar-refractivity contribution in [1.82, 2.24) is 15.5 Å². The summed E-state index contributed by atoms with van der Waals surface area (Å²) in [6.45, 7) is 5.88. The van der Waals surface area contributed by atoms with Crippen LogP contribution in [0, 0.1) is 0 Å². The van der Waals surface area contributed by atoms with Gasteiger partial charge in [0.25, 0.3) is 11.1 Å². The van der Waals surface area contributed by atoms with E-state index in [4.69, 9.17) is 20.8 Å². The zero-order valence-electron chi connectivity index (χ0n) is 12.5. The lowest BCUT2D eigenvalue weighted by Crippen LogP contribution is -2.30. The molecule has 2 aromatic rings. The second-order valence-corrected chi connectivity index (χ2v) is 6.23. The van der Waals surface area contributed by atoms with Gasteiger partial charge in [-0.15, -0.1) is 16.8 Å². The minimum Gasteiger partial charge on any atom is -0.484 e. The average Bonchev–Trinajstić information content (AvgIpc) is 2.99. The number of nitrogens with zero attached hydrogens (tertiary/aromatic N) is 2. The normalized spacial score (nSPS) is 11.7. The standard InChI is InChI=1S/C15H16ClN3O3S/c1-3-8-17-14(20)10(2)23-15-19-18-13(22-15)9-21-12-6-4-11(16)5-7-12/h3-7,10H,1,8-9H2,2H3,(H,17,20). The molecule has 122 valence electrons. The Bertz CT molecular complexity index is 660. The van der Waals surface area contributed by atoms with Crippen molar-refractivity contribution in [3.63, 3.8) is 0 Å². The molecular formula is C15H16ClN3O3S. The van der Waals surface area contributed by atoms with Crippen LogP contribution in [0.2, 0.25) is 5.02 Å². The molecule has 0 fully saturated rings. The summed E-state index contributed by atoms with van der Waals surface area (Å²) in [5.74, 6) is 0.868. The minimum absolute atomic E-state index is 0.118. The zero-order valence-corrected chi connectivity index (χ0v) is 14.1. The van der Waals surface area contributed by atoms with Crippen molar-refractivity contribution in [1.29, 1.82) is 0 Å². The molecule has 0 aliphatic carbocycles. The lowest BCUT2D eigenvalue weighted by molar-refractivity contribution is -0.120. The fourth-order valence-corrected chi connectivity index (χ4v) is 2.39. The highest BCUT2D eigenvalue weighted by Crippen LogP contribution is 2.22. The van der Waals surface area contributed by atoms with Gasteiger partial charge in [-0.25, -0.2) is 0 Å². The van der Waals surface area contributed by atoms with E-state index < -0.39 is 0 Å². The molecule has 0 spiro atoms. The Labute approximate surface area is 143 Å². The van der Waals surface area contributed by atoms with Crippen LogP contribution in [0.1, 0.15) is 12.8 Å². The van der Waals surface area contributed by atoms with Crippen LogP contribution < -0.4 is 10.1 Å². The number of hydrogen-bond acceptors (Lipinski definition) is 6. The highest BCUT2D eigenvalue weighted by atomic mass is 35.5. The molecule has 1 heterocycles. The molecule has 8 heteroatoms. The quantitative estimate of drug-likeness (QED) is 0.580. The van der Waals surface area contributed by atoms with E-state index >= 15 is 0 Å². The molecule has 0 saturated heterocycles. The molecule has 0 saturated carbocycles. The Kier molecular flexibility index (Phi) is 6.49. The molecule has 2 rings (SSSR count). The number of aromatic nitrogens is 2.